The second-order valence-electron chi connectivity index (χ2n) is 5.58. The van der Waals surface area contributed by atoms with Crippen LogP contribution < -0.4 is 0 Å². The van der Waals surface area contributed by atoms with Crippen molar-refractivity contribution in [2.24, 2.45) is 0 Å². The van der Waals surface area contributed by atoms with Gasteiger partial charge in [-0.1, -0.05) is 35.9 Å². The molecule has 0 aliphatic heterocycles. The van der Waals surface area contributed by atoms with Crippen molar-refractivity contribution in [3.63, 3.8) is 0 Å². The zero-order chi connectivity index (χ0) is 18.0. The Kier molecular flexibility index (Phi) is 5.35. The zero-order valence-electron chi connectivity index (χ0n) is 13.2. The first-order valence-corrected chi connectivity index (χ1v) is 8.65. The van der Waals surface area contributed by atoms with Crippen LogP contribution in [-0.4, -0.2) is 14.5 Å². The van der Waals surface area contributed by atoms with Gasteiger partial charge in [0.05, 0.1) is 16.6 Å². The summed E-state index contributed by atoms with van der Waals surface area (Å²) in [6.07, 6.45) is -5.18. The summed E-state index contributed by atoms with van der Waals surface area (Å²) in [6.45, 7) is 3.33. The number of benzene rings is 2. The molecule has 0 aromatic heterocycles. The zero-order valence-corrected chi connectivity index (χ0v) is 14.0. The van der Waals surface area contributed by atoms with E-state index in [-0.39, 0.29) is 11.3 Å². The SMILES string of the molecule is Cc1ccc(S(=O)(=O)OC(C)Cc2cccc(C(F)(F)F)c2)cc1. The summed E-state index contributed by atoms with van der Waals surface area (Å²) in [4.78, 5) is 0.0176. The Morgan fingerprint density at radius 1 is 1.08 bits per heavy atom. The van der Waals surface area contributed by atoms with Gasteiger partial charge < -0.3 is 0 Å². The maximum absolute atomic E-state index is 12.7. The third kappa shape index (κ3) is 4.82. The Labute approximate surface area is 139 Å². The van der Waals surface area contributed by atoms with Gasteiger partial charge in [-0.25, -0.2) is 0 Å². The average Bonchev–Trinajstić information content (AvgIpc) is 2.46. The molecule has 0 N–H and O–H groups in total. The number of alkyl halides is 3. The fourth-order valence-corrected chi connectivity index (χ4v) is 3.30. The van der Waals surface area contributed by atoms with Gasteiger partial charge in [0, 0.05) is 0 Å². The largest absolute Gasteiger partial charge is 0.416 e. The van der Waals surface area contributed by atoms with Crippen molar-refractivity contribution in [3.05, 3.63) is 65.2 Å². The van der Waals surface area contributed by atoms with Crippen LogP contribution in [0.3, 0.4) is 0 Å². The lowest BCUT2D eigenvalue weighted by Gasteiger charge is -2.14. The maximum atomic E-state index is 12.7. The fraction of sp³-hybridized carbons (Fsp3) is 0.294. The molecular weight excluding hydrogens is 341 g/mol. The van der Waals surface area contributed by atoms with E-state index in [0.29, 0.717) is 5.56 Å². The maximum Gasteiger partial charge on any atom is 0.416 e. The molecule has 3 nitrogen and oxygen atoms in total. The molecule has 0 fully saturated rings. The minimum absolute atomic E-state index is 0.0176. The topological polar surface area (TPSA) is 43.4 Å². The van der Waals surface area contributed by atoms with Crippen molar-refractivity contribution in [3.8, 4) is 0 Å². The molecular formula is C17H17F3O3S. The smallest absolute Gasteiger partial charge is 0.263 e. The van der Waals surface area contributed by atoms with Crippen LogP contribution in [0.5, 0.6) is 0 Å². The minimum Gasteiger partial charge on any atom is -0.263 e. The molecule has 0 heterocycles. The van der Waals surface area contributed by atoms with Gasteiger partial charge in [0.25, 0.3) is 10.1 Å². The lowest BCUT2D eigenvalue weighted by atomic mass is 10.1. The Morgan fingerprint density at radius 2 is 1.71 bits per heavy atom. The Morgan fingerprint density at radius 3 is 2.29 bits per heavy atom. The van der Waals surface area contributed by atoms with Crippen molar-refractivity contribution < 1.29 is 25.8 Å². The average molecular weight is 358 g/mol. The first-order chi connectivity index (χ1) is 11.1. The van der Waals surface area contributed by atoms with Crippen molar-refractivity contribution in [1.82, 2.24) is 0 Å². The first kappa shape index (κ1) is 18.5. The molecule has 0 aliphatic carbocycles. The highest BCUT2D eigenvalue weighted by atomic mass is 32.2. The fourth-order valence-electron chi connectivity index (χ4n) is 2.22. The first-order valence-electron chi connectivity index (χ1n) is 7.24. The summed E-state index contributed by atoms with van der Waals surface area (Å²) in [6, 6.07) is 10.9. The number of aryl methyl sites for hydroxylation is 1. The minimum atomic E-state index is -4.44. The quantitative estimate of drug-likeness (QED) is 0.747. The van der Waals surface area contributed by atoms with Gasteiger partial charge in [0.15, 0.2) is 0 Å². The van der Waals surface area contributed by atoms with Crippen molar-refractivity contribution in [2.45, 2.75) is 37.4 Å². The Hall–Kier alpha value is -1.86. The Bertz CT molecular complexity index is 797. The van der Waals surface area contributed by atoms with E-state index in [2.05, 4.69) is 0 Å². The van der Waals surface area contributed by atoms with Crippen LogP contribution in [0.2, 0.25) is 0 Å². The van der Waals surface area contributed by atoms with Gasteiger partial charge >= 0.3 is 6.18 Å². The van der Waals surface area contributed by atoms with E-state index in [1.165, 1.54) is 31.2 Å². The molecule has 2 aromatic rings. The molecule has 1 unspecified atom stereocenters. The molecule has 24 heavy (non-hydrogen) atoms. The van der Waals surface area contributed by atoms with Crippen LogP contribution in [0.1, 0.15) is 23.6 Å². The van der Waals surface area contributed by atoms with Crippen LogP contribution in [0, 0.1) is 6.92 Å². The normalized spacial score (nSPS) is 13.7. The monoisotopic (exact) mass is 358 g/mol. The molecule has 130 valence electrons. The van der Waals surface area contributed by atoms with E-state index in [1.54, 1.807) is 12.1 Å². The summed E-state index contributed by atoms with van der Waals surface area (Å²) in [5, 5.41) is 0. The van der Waals surface area contributed by atoms with Gasteiger partial charge in [-0.2, -0.15) is 21.6 Å². The van der Waals surface area contributed by atoms with Gasteiger partial charge in [0.2, 0.25) is 0 Å². The van der Waals surface area contributed by atoms with Crippen LogP contribution in [0.15, 0.2) is 53.4 Å². The lowest BCUT2D eigenvalue weighted by Crippen LogP contribution is -2.18. The third-order valence-electron chi connectivity index (χ3n) is 3.38. The van der Waals surface area contributed by atoms with Crippen LogP contribution in [0.25, 0.3) is 0 Å². The van der Waals surface area contributed by atoms with E-state index in [9.17, 15) is 21.6 Å². The molecule has 0 aliphatic rings. The van der Waals surface area contributed by atoms with E-state index >= 15 is 0 Å². The molecule has 1 atom stereocenters. The molecule has 0 bridgehead atoms. The summed E-state index contributed by atoms with van der Waals surface area (Å²) in [7, 11) is -3.96. The van der Waals surface area contributed by atoms with Crippen molar-refractivity contribution >= 4 is 10.1 Å². The second kappa shape index (κ2) is 6.94. The summed E-state index contributed by atoms with van der Waals surface area (Å²) in [5.74, 6) is 0. The van der Waals surface area contributed by atoms with Gasteiger partial charge in [-0.15, -0.1) is 0 Å². The second-order valence-corrected chi connectivity index (χ2v) is 7.15. The molecule has 0 amide bonds. The van der Waals surface area contributed by atoms with E-state index < -0.39 is 28.0 Å². The van der Waals surface area contributed by atoms with E-state index in [4.69, 9.17) is 4.18 Å². The highest BCUT2D eigenvalue weighted by Crippen LogP contribution is 2.30. The van der Waals surface area contributed by atoms with Crippen molar-refractivity contribution in [2.75, 3.05) is 0 Å². The standard InChI is InChI=1S/C17H17F3O3S/c1-12-6-8-16(9-7-12)24(21,22)23-13(2)10-14-4-3-5-15(11-14)17(18,19)20/h3-9,11,13H,10H2,1-2H3. The number of halogens is 3. The van der Waals surface area contributed by atoms with E-state index in [0.717, 1.165) is 17.7 Å². The van der Waals surface area contributed by atoms with Crippen LogP contribution >= 0.6 is 0 Å². The predicted molar refractivity (Wildman–Crippen MR) is 84.1 cm³/mol. The molecule has 7 heteroatoms. The van der Waals surface area contributed by atoms with Gasteiger partial charge in [0.1, 0.15) is 0 Å². The summed E-state index contributed by atoms with van der Waals surface area (Å²) >= 11 is 0. The summed E-state index contributed by atoms with van der Waals surface area (Å²) in [5.41, 5.74) is 0.496. The Balaban J connectivity index is 2.10. The van der Waals surface area contributed by atoms with Crippen molar-refractivity contribution in [1.29, 1.82) is 0 Å². The molecule has 0 spiro atoms. The molecule has 0 saturated carbocycles. The van der Waals surface area contributed by atoms with Gasteiger partial charge in [-0.05, 0) is 44.0 Å². The number of rotatable bonds is 5. The number of hydrogen-bond donors (Lipinski definition) is 0. The summed E-state index contributed by atoms with van der Waals surface area (Å²) < 4.78 is 67.5. The highest BCUT2D eigenvalue weighted by Gasteiger charge is 2.30. The number of hydrogen-bond acceptors (Lipinski definition) is 3. The molecule has 2 rings (SSSR count). The molecule has 2 aromatic carbocycles. The molecule has 0 radical (unpaired) electrons. The predicted octanol–water partition coefficient (Wildman–Crippen LogP) is 4.35. The van der Waals surface area contributed by atoms with Crippen LogP contribution in [-0.2, 0) is 26.9 Å². The van der Waals surface area contributed by atoms with E-state index in [1.807, 2.05) is 6.92 Å². The molecule has 0 saturated heterocycles. The van der Waals surface area contributed by atoms with Gasteiger partial charge in [-0.3, -0.25) is 4.18 Å². The van der Waals surface area contributed by atoms with Crippen LogP contribution in [0.4, 0.5) is 13.2 Å². The highest BCUT2D eigenvalue weighted by molar-refractivity contribution is 7.86. The third-order valence-corrected chi connectivity index (χ3v) is 4.81. The lowest BCUT2D eigenvalue weighted by molar-refractivity contribution is -0.137.